The SMILES string of the molecule is Cc1ccc(C(=O)Nc2nnc(C3CCCCC3)s2)cc1C. The number of benzene rings is 1. The number of carbonyl (C=O) groups excluding carboxylic acids is 1. The first-order valence-electron chi connectivity index (χ1n) is 7.85. The van der Waals surface area contributed by atoms with Gasteiger partial charge >= 0.3 is 0 Å². The molecular weight excluding hydrogens is 294 g/mol. The van der Waals surface area contributed by atoms with Crippen LogP contribution in [0.4, 0.5) is 5.13 Å². The molecule has 3 rings (SSSR count). The van der Waals surface area contributed by atoms with Gasteiger partial charge in [-0.05, 0) is 49.9 Å². The lowest BCUT2D eigenvalue weighted by molar-refractivity contribution is 0.102. The Labute approximate surface area is 135 Å². The lowest BCUT2D eigenvalue weighted by Crippen LogP contribution is -2.12. The van der Waals surface area contributed by atoms with Crippen molar-refractivity contribution in [1.82, 2.24) is 10.2 Å². The Balaban J connectivity index is 1.68. The molecule has 0 bridgehead atoms. The molecule has 0 spiro atoms. The van der Waals surface area contributed by atoms with Crippen molar-refractivity contribution in [3.63, 3.8) is 0 Å². The molecule has 4 nitrogen and oxygen atoms in total. The van der Waals surface area contributed by atoms with Crippen molar-refractivity contribution in [1.29, 1.82) is 0 Å². The van der Waals surface area contributed by atoms with E-state index in [1.807, 2.05) is 32.0 Å². The number of rotatable bonds is 3. The summed E-state index contributed by atoms with van der Waals surface area (Å²) in [7, 11) is 0. The molecule has 1 aliphatic carbocycles. The number of nitrogens with zero attached hydrogens (tertiary/aromatic N) is 2. The van der Waals surface area contributed by atoms with Crippen molar-refractivity contribution in [2.24, 2.45) is 0 Å². The van der Waals surface area contributed by atoms with Gasteiger partial charge in [0.2, 0.25) is 5.13 Å². The molecule has 0 saturated heterocycles. The molecule has 1 N–H and O–H groups in total. The molecule has 0 atom stereocenters. The Kier molecular flexibility index (Phi) is 4.52. The van der Waals surface area contributed by atoms with Crippen LogP contribution in [0.1, 0.15) is 64.5 Å². The summed E-state index contributed by atoms with van der Waals surface area (Å²) in [6.07, 6.45) is 6.26. The van der Waals surface area contributed by atoms with E-state index in [0.29, 0.717) is 16.6 Å². The van der Waals surface area contributed by atoms with Gasteiger partial charge in [0.1, 0.15) is 5.01 Å². The predicted octanol–water partition coefficient (Wildman–Crippen LogP) is 4.45. The van der Waals surface area contributed by atoms with Crippen molar-refractivity contribution in [2.75, 3.05) is 5.32 Å². The van der Waals surface area contributed by atoms with Gasteiger partial charge in [0.25, 0.3) is 5.91 Å². The Bertz CT molecular complexity index is 674. The quantitative estimate of drug-likeness (QED) is 0.910. The van der Waals surface area contributed by atoms with Crippen LogP contribution >= 0.6 is 11.3 Å². The molecule has 0 radical (unpaired) electrons. The summed E-state index contributed by atoms with van der Waals surface area (Å²) >= 11 is 1.52. The minimum absolute atomic E-state index is 0.116. The first-order valence-corrected chi connectivity index (χ1v) is 8.67. The fourth-order valence-corrected chi connectivity index (χ4v) is 3.76. The number of amides is 1. The van der Waals surface area contributed by atoms with E-state index >= 15 is 0 Å². The van der Waals surface area contributed by atoms with Crippen LogP contribution in [0.5, 0.6) is 0 Å². The largest absolute Gasteiger partial charge is 0.296 e. The third-order valence-electron chi connectivity index (χ3n) is 4.38. The maximum Gasteiger partial charge on any atom is 0.257 e. The van der Waals surface area contributed by atoms with Crippen molar-refractivity contribution >= 4 is 22.4 Å². The molecule has 1 aromatic heterocycles. The highest BCUT2D eigenvalue weighted by atomic mass is 32.1. The van der Waals surface area contributed by atoms with Crippen LogP contribution in [0, 0.1) is 13.8 Å². The molecule has 1 fully saturated rings. The third kappa shape index (κ3) is 3.35. The van der Waals surface area contributed by atoms with Crippen LogP contribution in [0.15, 0.2) is 18.2 Å². The number of aromatic nitrogens is 2. The van der Waals surface area contributed by atoms with Gasteiger partial charge in [0, 0.05) is 11.5 Å². The summed E-state index contributed by atoms with van der Waals surface area (Å²) in [6.45, 7) is 4.05. The fourth-order valence-electron chi connectivity index (χ4n) is 2.85. The highest BCUT2D eigenvalue weighted by molar-refractivity contribution is 7.15. The van der Waals surface area contributed by atoms with Crippen molar-refractivity contribution in [2.45, 2.75) is 51.9 Å². The molecule has 1 saturated carbocycles. The van der Waals surface area contributed by atoms with Gasteiger partial charge in [-0.3, -0.25) is 10.1 Å². The second-order valence-corrected chi connectivity index (χ2v) is 7.04. The summed E-state index contributed by atoms with van der Waals surface area (Å²) in [5.74, 6) is 0.410. The van der Waals surface area contributed by atoms with E-state index in [0.717, 1.165) is 10.6 Å². The van der Waals surface area contributed by atoms with Crippen LogP contribution < -0.4 is 5.32 Å². The summed E-state index contributed by atoms with van der Waals surface area (Å²) < 4.78 is 0. The zero-order valence-electron chi connectivity index (χ0n) is 13.1. The Hall–Kier alpha value is -1.75. The number of carbonyl (C=O) groups is 1. The Morgan fingerprint density at radius 3 is 2.64 bits per heavy atom. The molecule has 0 aliphatic heterocycles. The van der Waals surface area contributed by atoms with Crippen LogP contribution in [0.2, 0.25) is 0 Å². The zero-order chi connectivity index (χ0) is 15.5. The first-order chi connectivity index (χ1) is 10.6. The van der Waals surface area contributed by atoms with E-state index in [9.17, 15) is 4.79 Å². The minimum atomic E-state index is -0.116. The highest BCUT2D eigenvalue weighted by Crippen LogP contribution is 2.35. The second-order valence-electron chi connectivity index (χ2n) is 6.03. The summed E-state index contributed by atoms with van der Waals surface area (Å²) in [4.78, 5) is 12.3. The molecule has 22 heavy (non-hydrogen) atoms. The smallest absolute Gasteiger partial charge is 0.257 e. The average molecular weight is 315 g/mol. The van der Waals surface area contributed by atoms with E-state index in [2.05, 4.69) is 15.5 Å². The predicted molar refractivity (Wildman–Crippen MR) is 89.6 cm³/mol. The maximum atomic E-state index is 12.3. The van der Waals surface area contributed by atoms with Crippen molar-refractivity contribution in [3.05, 3.63) is 39.9 Å². The van der Waals surface area contributed by atoms with E-state index in [4.69, 9.17) is 0 Å². The summed E-state index contributed by atoms with van der Waals surface area (Å²) in [5.41, 5.74) is 2.97. The molecule has 1 aromatic carbocycles. The van der Waals surface area contributed by atoms with Gasteiger partial charge in [0.05, 0.1) is 0 Å². The van der Waals surface area contributed by atoms with Crippen LogP contribution in [0.3, 0.4) is 0 Å². The monoisotopic (exact) mass is 315 g/mol. The molecular formula is C17H21N3OS. The molecule has 0 unspecified atom stereocenters. The topological polar surface area (TPSA) is 54.9 Å². The molecule has 1 heterocycles. The number of hydrogen-bond acceptors (Lipinski definition) is 4. The summed E-state index contributed by atoms with van der Waals surface area (Å²) in [5, 5.41) is 12.9. The molecule has 1 amide bonds. The number of aryl methyl sites for hydroxylation is 2. The minimum Gasteiger partial charge on any atom is -0.296 e. The van der Waals surface area contributed by atoms with Gasteiger partial charge in [-0.15, -0.1) is 10.2 Å². The molecule has 1 aliphatic rings. The van der Waals surface area contributed by atoms with E-state index in [1.165, 1.54) is 49.0 Å². The Morgan fingerprint density at radius 1 is 1.14 bits per heavy atom. The van der Waals surface area contributed by atoms with E-state index in [1.54, 1.807) is 0 Å². The standard InChI is InChI=1S/C17H21N3OS/c1-11-8-9-14(10-12(11)2)15(21)18-17-20-19-16(22-17)13-6-4-3-5-7-13/h8-10,13H,3-7H2,1-2H3,(H,18,20,21). The molecule has 5 heteroatoms. The second kappa shape index (κ2) is 6.57. The van der Waals surface area contributed by atoms with Crippen LogP contribution in [-0.2, 0) is 0 Å². The van der Waals surface area contributed by atoms with Gasteiger partial charge in [0.15, 0.2) is 0 Å². The summed E-state index contributed by atoms with van der Waals surface area (Å²) in [6, 6.07) is 5.73. The van der Waals surface area contributed by atoms with E-state index in [-0.39, 0.29) is 5.91 Å². The number of anilines is 1. The van der Waals surface area contributed by atoms with Gasteiger partial charge in [-0.1, -0.05) is 36.7 Å². The highest BCUT2D eigenvalue weighted by Gasteiger charge is 2.20. The van der Waals surface area contributed by atoms with Crippen LogP contribution in [-0.4, -0.2) is 16.1 Å². The Morgan fingerprint density at radius 2 is 1.91 bits per heavy atom. The maximum absolute atomic E-state index is 12.3. The average Bonchev–Trinajstić information content (AvgIpc) is 2.99. The van der Waals surface area contributed by atoms with Gasteiger partial charge in [-0.25, -0.2) is 0 Å². The van der Waals surface area contributed by atoms with Gasteiger partial charge in [-0.2, -0.15) is 0 Å². The lowest BCUT2D eigenvalue weighted by Gasteiger charge is -2.18. The third-order valence-corrected chi connectivity index (χ3v) is 5.39. The lowest BCUT2D eigenvalue weighted by atomic mass is 9.90. The van der Waals surface area contributed by atoms with Gasteiger partial charge < -0.3 is 0 Å². The van der Waals surface area contributed by atoms with E-state index < -0.39 is 0 Å². The first kappa shape index (κ1) is 15.2. The van der Waals surface area contributed by atoms with Crippen molar-refractivity contribution in [3.8, 4) is 0 Å². The zero-order valence-corrected chi connectivity index (χ0v) is 13.9. The van der Waals surface area contributed by atoms with Crippen molar-refractivity contribution < 1.29 is 4.79 Å². The number of hydrogen-bond donors (Lipinski definition) is 1. The molecule has 2 aromatic rings. The fraction of sp³-hybridized carbons (Fsp3) is 0.471. The number of nitrogens with one attached hydrogen (secondary N) is 1. The molecule has 116 valence electrons. The van der Waals surface area contributed by atoms with Crippen LogP contribution in [0.25, 0.3) is 0 Å². The normalized spacial score (nSPS) is 15.7.